The lowest BCUT2D eigenvalue weighted by atomic mass is 10.8. The average Bonchev–Trinajstić information content (AvgIpc) is 2.11. The Hall–Kier alpha value is -0.910. The quantitative estimate of drug-likeness (QED) is 0.362. The summed E-state index contributed by atoms with van der Waals surface area (Å²) < 4.78 is 10.4. The van der Waals surface area contributed by atoms with Crippen molar-refractivity contribution in [3.05, 3.63) is 0 Å². The Kier molecular flexibility index (Phi) is 1.47. The van der Waals surface area contributed by atoms with Gasteiger partial charge in [0.05, 0.1) is 0 Å². The first-order valence-electron chi connectivity index (χ1n) is 2.24. The van der Waals surface area contributed by atoms with Gasteiger partial charge in [-0.3, -0.25) is 4.57 Å². The van der Waals surface area contributed by atoms with E-state index in [4.69, 9.17) is 15.5 Å². The Bertz CT molecular complexity index is 276. The monoisotopic (exact) mass is 164 g/mol. The molecule has 0 aliphatic rings. The van der Waals surface area contributed by atoms with Crippen LogP contribution in [0.25, 0.3) is 0 Å². The number of nitrogens with zero attached hydrogens (tertiary/aromatic N) is 2. The van der Waals surface area contributed by atoms with Crippen molar-refractivity contribution in [1.29, 1.82) is 0 Å². The Morgan fingerprint density at radius 1 is 1.50 bits per heavy atom. The molecule has 8 heteroatoms. The second-order valence-electron chi connectivity index (χ2n) is 1.58. The molecule has 0 radical (unpaired) electrons. The summed E-state index contributed by atoms with van der Waals surface area (Å²) in [5, 5.41) is 8.38. The maximum atomic E-state index is 10.4. The molecule has 0 fully saturated rings. The molecule has 0 aliphatic heterocycles. The zero-order valence-corrected chi connectivity index (χ0v) is 5.62. The van der Waals surface area contributed by atoms with Gasteiger partial charge in [0.15, 0.2) is 5.82 Å². The summed E-state index contributed by atoms with van der Waals surface area (Å²) in [5.41, 5.74) is 4.52. The molecule has 0 saturated carbocycles. The molecular weight excluding hydrogens is 159 g/mol. The van der Waals surface area contributed by atoms with Crippen molar-refractivity contribution in [2.75, 3.05) is 5.73 Å². The number of aromatic amines is 1. The molecule has 0 spiro atoms. The summed E-state index contributed by atoms with van der Waals surface area (Å²) in [4.78, 5) is 16.9. The van der Waals surface area contributed by atoms with E-state index in [1.54, 1.807) is 0 Å². The van der Waals surface area contributed by atoms with Crippen LogP contribution in [-0.2, 0) is 4.57 Å². The van der Waals surface area contributed by atoms with E-state index in [9.17, 15) is 4.57 Å². The van der Waals surface area contributed by atoms with Crippen LogP contribution in [-0.4, -0.2) is 25.2 Å². The van der Waals surface area contributed by atoms with Gasteiger partial charge in [-0.15, -0.1) is 10.2 Å². The topological polar surface area (TPSA) is 125 Å². The highest BCUT2D eigenvalue weighted by atomic mass is 31.2. The number of H-pyrrole nitrogens is 1. The van der Waals surface area contributed by atoms with E-state index < -0.39 is 13.0 Å². The highest BCUT2D eigenvalue weighted by molar-refractivity contribution is 7.60. The van der Waals surface area contributed by atoms with Crippen LogP contribution in [0.2, 0.25) is 0 Å². The van der Waals surface area contributed by atoms with Crippen LogP contribution in [0, 0.1) is 0 Å². The van der Waals surface area contributed by atoms with E-state index in [0.29, 0.717) is 0 Å². The Balaban J connectivity index is 3.18. The average molecular weight is 164 g/mol. The molecule has 0 bridgehead atoms. The molecule has 1 rings (SSSR count). The predicted molar refractivity (Wildman–Crippen MR) is 32.5 cm³/mol. The summed E-state index contributed by atoms with van der Waals surface area (Å²) in [5.74, 6) is -0.270. The molecule has 1 aromatic heterocycles. The van der Waals surface area contributed by atoms with Crippen molar-refractivity contribution >= 4 is 18.8 Å². The first kappa shape index (κ1) is 7.20. The Labute approximate surface area is 55.4 Å². The normalized spacial score (nSPS) is 11.8. The van der Waals surface area contributed by atoms with Gasteiger partial charge in [0.2, 0.25) is 5.44 Å². The van der Waals surface area contributed by atoms with Crippen molar-refractivity contribution in [1.82, 2.24) is 15.4 Å². The van der Waals surface area contributed by atoms with Crippen molar-refractivity contribution in [3.63, 3.8) is 0 Å². The molecule has 0 saturated heterocycles. The third-order valence-corrected chi connectivity index (χ3v) is 1.71. The summed E-state index contributed by atoms with van der Waals surface area (Å²) in [7, 11) is -4.34. The number of nitrogens with two attached hydrogens (primary N) is 1. The van der Waals surface area contributed by atoms with Crippen LogP contribution in [0.3, 0.4) is 0 Å². The minimum atomic E-state index is -4.34. The molecule has 0 atom stereocenters. The van der Waals surface area contributed by atoms with Crippen molar-refractivity contribution in [3.8, 4) is 0 Å². The van der Waals surface area contributed by atoms with Gasteiger partial charge in [-0.25, -0.2) is 0 Å². The van der Waals surface area contributed by atoms with Crippen molar-refractivity contribution < 1.29 is 14.4 Å². The van der Waals surface area contributed by atoms with Crippen LogP contribution >= 0.6 is 7.60 Å². The fraction of sp³-hybridized carbons (Fsp3) is 0. The first-order valence-corrected chi connectivity index (χ1v) is 3.85. The van der Waals surface area contributed by atoms with Crippen LogP contribution in [0.15, 0.2) is 0 Å². The minimum Gasteiger partial charge on any atom is -0.380 e. The van der Waals surface area contributed by atoms with Crippen molar-refractivity contribution in [2.45, 2.75) is 0 Å². The van der Waals surface area contributed by atoms with Crippen LogP contribution in [0.5, 0.6) is 0 Å². The first-order chi connectivity index (χ1) is 4.52. The molecule has 5 N–H and O–H groups in total. The van der Waals surface area contributed by atoms with Gasteiger partial charge in [0.25, 0.3) is 0 Å². The number of nitrogens with one attached hydrogen (secondary N) is 1. The lowest BCUT2D eigenvalue weighted by Gasteiger charge is -1.96. The zero-order valence-electron chi connectivity index (χ0n) is 4.72. The fourth-order valence-electron chi connectivity index (χ4n) is 0.448. The van der Waals surface area contributed by atoms with Crippen LogP contribution < -0.4 is 11.2 Å². The van der Waals surface area contributed by atoms with E-state index in [0.717, 1.165) is 0 Å². The summed E-state index contributed by atoms with van der Waals surface area (Å²) >= 11 is 0. The van der Waals surface area contributed by atoms with Crippen LogP contribution in [0.4, 0.5) is 5.82 Å². The third kappa shape index (κ3) is 1.15. The molecule has 0 amide bonds. The molecule has 0 aromatic carbocycles. The molecule has 1 aromatic rings. The minimum absolute atomic E-state index is 0.270. The lowest BCUT2D eigenvalue weighted by molar-refractivity contribution is 0.386. The second-order valence-corrected chi connectivity index (χ2v) is 3.09. The number of aromatic nitrogens is 3. The molecule has 0 aliphatic carbocycles. The van der Waals surface area contributed by atoms with E-state index in [1.165, 1.54) is 0 Å². The van der Waals surface area contributed by atoms with Gasteiger partial charge in [-0.2, -0.15) is 5.21 Å². The number of hydrogen-bond donors (Lipinski definition) is 4. The molecule has 56 valence electrons. The van der Waals surface area contributed by atoms with Gasteiger partial charge in [-0.1, -0.05) is 0 Å². The fourth-order valence-corrected chi connectivity index (χ4v) is 0.971. The molecule has 0 unspecified atom stereocenters. The summed E-state index contributed by atoms with van der Waals surface area (Å²) in [6.07, 6.45) is 0. The standard InChI is InChI=1S/C2H5N4O3P/c3-1-2(5-6-4-1)10(7,8)9/h(H2,7,8,9)(H3,3,4,5,6). The number of nitrogen functional groups attached to an aromatic ring is 1. The summed E-state index contributed by atoms with van der Waals surface area (Å²) in [6, 6.07) is 0. The lowest BCUT2D eigenvalue weighted by Crippen LogP contribution is -2.10. The SMILES string of the molecule is Nc1n[nH]nc1P(=O)(O)O. The molecular formula is C2H5N4O3P. The van der Waals surface area contributed by atoms with Gasteiger partial charge < -0.3 is 15.5 Å². The highest BCUT2D eigenvalue weighted by Gasteiger charge is 2.24. The molecule has 1 heterocycles. The number of rotatable bonds is 1. The Morgan fingerprint density at radius 3 is 2.30 bits per heavy atom. The highest BCUT2D eigenvalue weighted by Crippen LogP contribution is 2.33. The third-order valence-electron chi connectivity index (χ3n) is 0.831. The molecule has 10 heavy (non-hydrogen) atoms. The smallest absolute Gasteiger partial charge is 0.380 e. The van der Waals surface area contributed by atoms with E-state index >= 15 is 0 Å². The van der Waals surface area contributed by atoms with Gasteiger partial charge in [0.1, 0.15) is 0 Å². The Morgan fingerprint density at radius 2 is 2.10 bits per heavy atom. The maximum Gasteiger partial charge on any atom is 0.380 e. The van der Waals surface area contributed by atoms with E-state index in [2.05, 4.69) is 10.2 Å². The maximum absolute atomic E-state index is 10.4. The van der Waals surface area contributed by atoms with Crippen molar-refractivity contribution in [2.24, 2.45) is 0 Å². The summed E-state index contributed by atoms with van der Waals surface area (Å²) in [6.45, 7) is 0. The van der Waals surface area contributed by atoms with E-state index in [1.807, 2.05) is 5.21 Å². The van der Waals surface area contributed by atoms with Gasteiger partial charge in [0, 0.05) is 0 Å². The molecule has 7 nitrogen and oxygen atoms in total. The second kappa shape index (κ2) is 2.05. The predicted octanol–water partition coefficient (Wildman–Crippen LogP) is -1.81. The zero-order chi connectivity index (χ0) is 7.78. The number of hydrogen-bond acceptors (Lipinski definition) is 4. The largest absolute Gasteiger partial charge is 0.380 e. The van der Waals surface area contributed by atoms with Gasteiger partial charge >= 0.3 is 7.60 Å². The van der Waals surface area contributed by atoms with E-state index in [-0.39, 0.29) is 5.82 Å². The number of anilines is 1. The van der Waals surface area contributed by atoms with Crippen LogP contribution in [0.1, 0.15) is 0 Å². The van der Waals surface area contributed by atoms with Gasteiger partial charge in [-0.05, 0) is 0 Å².